The lowest BCUT2D eigenvalue weighted by Crippen LogP contribution is -2.37. The Bertz CT molecular complexity index is 1680. The van der Waals surface area contributed by atoms with Gasteiger partial charge in [0.25, 0.3) is 10.0 Å². The van der Waals surface area contributed by atoms with E-state index in [1.165, 1.54) is 10.2 Å². The maximum absolute atomic E-state index is 13.5. The van der Waals surface area contributed by atoms with E-state index in [2.05, 4.69) is 19.9 Å². The lowest BCUT2D eigenvalue weighted by molar-refractivity contribution is 0.259. The molecular weight excluding hydrogens is 512 g/mol. The Labute approximate surface area is 216 Å². The molecule has 2 aliphatic rings. The average Bonchev–Trinajstić information content (AvgIpc) is 3.51. The fourth-order valence-electron chi connectivity index (χ4n) is 5.53. The SMILES string of the molecule is Cc1ccc(S(=O)(=O)n2ccc3c2ncc2nnc(C4(CCNS(=O)(=O)C5CC5)CCCCC4)n23)cc1. The molecule has 0 aliphatic heterocycles. The average molecular weight is 543 g/mol. The Balaban J connectivity index is 1.42. The second kappa shape index (κ2) is 8.88. The zero-order valence-electron chi connectivity index (χ0n) is 20.7. The predicted molar refractivity (Wildman–Crippen MR) is 139 cm³/mol. The lowest BCUT2D eigenvalue weighted by atomic mass is 9.71. The number of nitrogens with zero attached hydrogens (tertiary/aromatic N) is 5. The molecule has 196 valence electrons. The molecule has 6 rings (SSSR count). The number of aryl methyl sites for hydroxylation is 1. The van der Waals surface area contributed by atoms with Gasteiger partial charge in [-0.15, -0.1) is 10.2 Å². The van der Waals surface area contributed by atoms with E-state index < -0.39 is 20.0 Å². The van der Waals surface area contributed by atoms with Crippen LogP contribution in [0.1, 0.15) is 62.8 Å². The van der Waals surface area contributed by atoms with Crippen molar-refractivity contribution in [3.8, 4) is 0 Å². The minimum absolute atomic E-state index is 0.188. The van der Waals surface area contributed by atoms with Crippen LogP contribution in [0.3, 0.4) is 0 Å². The van der Waals surface area contributed by atoms with E-state index >= 15 is 0 Å². The number of aromatic nitrogens is 5. The third-order valence-electron chi connectivity index (χ3n) is 7.77. The molecule has 0 atom stereocenters. The van der Waals surface area contributed by atoms with Gasteiger partial charge in [0.05, 0.1) is 21.9 Å². The highest BCUT2D eigenvalue weighted by molar-refractivity contribution is 7.90. The minimum Gasteiger partial charge on any atom is -0.274 e. The number of hydrogen-bond donors (Lipinski definition) is 1. The zero-order valence-corrected chi connectivity index (χ0v) is 22.3. The quantitative estimate of drug-likeness (QED) is 0.362. The van der Waals surface area contributed by atoms with Crippen molar-refractivity contribution in [2.45, 2.75) is 73.9 Å². The Morgan fingerprint density at radius 3 is 2.43 bits per heavy atom. The largest absolute Gasteiger partial charge is 0.274 e. The molecule has 4 aromatic rings. The van der Waals surface area contributed by atoms with Crippen molar-refractivity contribution in [1.29, 1.82) is 0 Å². The van der Waals surface area contributed by atoms with E-state index in [4.69, 9.17) is 0 Å². The molecular formula is C25H30N6O4S2. The van der Waals surface area contributed by atoms with Crippen LogP contribution in [0, 0.1) is 6.92 Å². The number of sulfonamides is 1. The summed E-state index contributed by atoms with van der Waals surface area (Å²) in [4.78, 5) is 4.64. The molecule has 0 amide bonds. The number of hydrogen-bond acceptors (Lipinski definition) is 7. The molecule has 0 spiro atoms. The first-order chi connectivity index (χ1) is 17.7. The molecule has 0 saturated heterocycles. The van der Waals surface area contributed by atoms with E-state index in [9.17, 15) is 16.8 Å². The van der Waals surface area contributed by atoms with Gasteiger partial charge in [-0.1, -0.05) is 37.0 Å². The maximum Gasteiger partial charge on any atom is 0.269 e. The van der Waals surface area contributed by atoms with Crippen molar-refractivity contribution in [3.63, 3.8) is 0 Å². The van der Waals surface area contributed by atoms with E-state index in [1.54, 1.807) is 36.5 Å². The standard InChI is InChI=1S/C25H30N6O4S2/c1-18-5-7-20(8-6-18)37(34,35)30-16-11-21-23(30)26-17-22-28-29-24(31(21)22)25(12-3-2-4-13-25)14-15-27-36(32,33)19-9-10-19/h5-8,11,16-17,19,27H,2-4,9-10,12-15H2,1H3. The molecule has 2 saturated carbocycles. The first-order valence-corrected chi connectivity index (χ1v) is 15.7. The molecule has 2 aliphatic carbocycles. The summed E-state index contributed by atoms with van der Waals surface area (Å²) < 4.78 is 57.7. The van der Waals surface area contributed by atoms with Gasteiger partial charge < -0.3 is 0 Å². The molecule has 3 aromatic heterocycles. The smallest absolute Gasteiger partial charge is 0.269 e. The number of nitrogens with one attached hydrogen (secondary N) is 1. The third kappa shape index (κ3) is 4.24. The predicted octanol–water partition coefficient (Wildman–Crippen LogP) is 3.30. The normalized spacial score (nSPS) is 18.5. The second-order valence-corrected chi connectivity index (χ2v) is 14.2. The van der Waals surface area contributed by atoms with Gasteiger partial charge >= 0.3 is 0 Å². The van der Waals surface area contributed by atoms with Crippen LogP contribution < -0.4 is 4.72 Å². The molecule has 3 heterocycles. The van der Waals surface area contributed by atoms with Crippen LogP contribution in [-0.4, -0.2) is 52.2 Å². The van der Waals surface area contributed by atoms with Gasteiger partial charge in [-0.05, 0) is 57.2 Å². The first kappa shape index (κ1) is 24.5. The summed E-state index contributed by atoms with van der Waals surface area (Å²) in [6.45, 7) is 2.25. The van der Waals surface area contributed by atoms with Gasteiger partial charge in [0.1, 0.15) is 5.82 Å². The number of rotatable bonds is 8. The molecule has 2 fully saturated rings. The topological polar surface area (TPSA) is 128 Å². The van der Waals surface area contributed by atoms with E-state index in [0.29, 0.717) is 29.8 Å². The highest BCUT2D eigenvalue weighted by atomic mass is 32.2. The van der Waals surface area contributed by atoms with Gasteiger partial charge in [0, 0.05) is 18.2 Å². The Kier molecular flexibility index (Phi) is 5.88. The Morgan fingerprint density at radius 1 is 1.00 bits per heavy atom. The summed E-state index contributed by atoms with van der Waals surface area (Å²) in [6.07, 6.45) is 10.0. The van der Waals surface area contributed by atoms with Crippen LogP contribution in [0.15, 0.2) is 47.6 Å². The van der Waals surface area contributed by atoms with Gasteiger partial charge in [0.2, 0.25) is 10.0 Å². The van der Waals surface area contributed by atoms with Crippen LogP contribution in [0.5, 0.6) is 0 Å². The maximum atomic E-state index is 13.5. The molecule has 0 bridgehead atoms. The van der Waals surface area contributed by atoms with Crippen molar-refractivity contribution in [1.82, 2.24) is 28.3 Å². The van der Waals surface area contributed by atoms with Crippen molar-refractivity contribution < 1.29 is 16.8 Å². The van der Waals surface area contributed by atoms with E-state index in [0.717, 1.165) is 56.3 Å². The highest BCUT2D eigenvalue weighted by Gasteiger charge is 2.40. The van der Waals surface area contributed by atoms with Crippen molar-refractivity contribution in [2.75, 3.05) is 6.54 Å². The zero-order chi connectivity index (χ0) is 25.8. The summed E-state index contributed by atoms with van der Waals surface area (Å²) in [5, 5.41) is 8.70. The molecule has 37 heavy (non-hydrogen) atoms. The Hall–Kier alpha value is -2.83. The molecule has 0 unspecified atom stereocenters. The monoisotopic (exact) mass is 542 g/mol. The molecule has 12 heteroatoms. The van der Waals surface area contributed by atoms with Crippen LogP contribution >= 0.6 is 0 Å². The van der Waals surface area contributed by atoms with Crippen LogP contribution in [0.25, 0.3) is 16.8 Å². The van der Waals surface area contributed by atoms with Crippen molar-refractivity contribution >= 4 is 36.9 Å². The van der Waals surface area contributed by atoms with Crippen molar-refractivity contribution in [2.24, 2.45) is 0 Å². The first-order valence-electron chi connectivity index (χ1n) is 12.7. The van der Waals surface area contributed by atoms with Gasteiger partial charge in [-0.3, -0.25) is 4.40 Å². The molecule has 1 aromatic carbocycles. The highest BCUT2D eigenvalue weighted by Crippen LogP contribution is 2.42. The van der Waals surface area contributed by atoms with E-state index in [-0.39, 0.29) is 15.6 Å². The van der Waals surface area contributed by atoms with Gasteiger partial charge in [-0.25, -0.2) is 30.5 Å². The Morgan fingerprint density at radius 2 is 1.73 bits per heavy atom. The minimum atomic E-state index is -3.85. The molecule has 10 nitrogen and oxygen atoms in total. The summed E-state index contributed by atoms with van der Waals surface area (Å²) in [5.41, 5.74) is 2.06. The van der Waals surface area contributed by atoms with Gasteiger partial charge in [-0.2, -0.15) is 0 Å². The third-order valence-corrected chi connectivity index (χ3v) is 11.4. The van der Waals surface area contributed by atoms with Crippen LogP contribution in [-0.2, 0) is 25.5 Å². The van der Waals surface area contributed by atoms with E-state index in [1.807, 2.05) is 11.3 Å². The van der Waals surface area contributed by atoms with Crippen molar-refractivity contribution in [3.05, 3.63) is 54.1 Å². The molecule has 1 N–H and O–H groups in total. The summed E-state index contributed by atoms with van der Waals surface area (Å²) >= 11 is 0. The summed E-state index contributed by atoms with van der Waals surface area (Å²) in [5.74, 6) is 0.741. The summed E-state index contributed by atoms with van der Waals surface area (Å²) in [7, 11) is -7.13. The summed E-state index contributed by atoms with van der Waals surface area (Å²) in [6, 6.07) is 8.47. The fraction of sp³-hybridized carbons (Fsp3) is 0.480. The number of fused-ring (bicyclic) bond motifs is 3. The molecule has 0 radical (unpaired) electrons. The number of benzene rings is 1. The second-order valence-electron chi connectivity index (χ2n) is 10.3. The fourth-order valence-corrected chi connectivity index (χ4v) is 8.21. The lowest BCUT2D eigenvalue weighted by Gasteiger charge is -2.36. The van der Waals surface area contributed by atoms with Crippen LogP contribution in [0.2, 0.25) is 0 Å². The van der Waals surface area contributed by atoms with Gasteiger partial charge in [0.15, 0.2) is 11.3 Å². The van der Waals surface area contributed by atoms with Crippen LogP contribution in [0.4, 0.5) is 0 Å².